The van der Waals surface area contributed by atoms with E-state index >= 15 is 0 Å². The van der Waals surface area contributed by atoms with Gasteiger partial charge in [-0.3, -0.25) is 4.98 Å². The Hall–Kier alpha value is -2.50. The third kappa shape index (κ3) is 3.88. The van der Waals surface area contributed by atoms with Gasteiger partial charge in [0.2, 0.25) is 5.95 Å². The van der Waals surface area contributed by atoms with Crippen molar-refractivity contribution in [3.63, 3.8) is 0 Å². The van der Waals surface area contributed by atoms with E-state index in [1.165, 1.54) is 12.4 Å². The highest BCUT2D eigenvalue weighted by Crippen LogP contribution is 2.43. The molecule has 1 aliphatic rings. The molecule has 0 bridgehead atoms. The van der Waals surface area contributed by atoms with Crippen molar-refractivity contribution in [2.24, 2.45) is 0 Å². The van der Waals surface area contributed by atoms with Gasteiger partial charge in [0.15, 0.2) is 0 Å². The van der Waals surface area contributed by atoms with Crippen molar-refractivity contribution in [2.75, 3.05) is 11.9 Å². The molecule has 6 heteroatoms. The van der Waals surface area contributed by atoms with Crippen LogP contribution in [0.1, 0.15) is 56.0 Å². The Labute approximate surface area is 142 Å². The number of carbonyl (C=O) groups is 1. The second-order valence-corrected chi connectivity index (χ2v) is 5.32. The molecule has 0 aliphatic heterocycles. The van der Waals surface area contributed by atoms with Crippen molar-refractivity contribution in [3.05, 3.63) is 48.0 Å². The number of hydrogen-bond acceptors (Lipinski definition) is 6. The van der Waals surface area contributed by atoms with Crippen molar-refractivity contribution in [3.8, 4) is 0 Å². The molecule has 1 N–H and O–H groups in total. The predicted molar refractivity (Wildman–Crippen MR) is 92.7 cm³/mol. The molecule has 24 heavy (non-hydrogen) atoms. The lowest BCUT2D eigenvalue weighted by Gasteiger charge is -2.42. The van der Waals surface area contributed by atoms with Crippen molar-refractivity contribution in [1.82, 2.24) is 15.0 Å². The summed E-state index contributed by atoms with van der Waals surface area (Å²) in [6, 6.07) is 3.99. The molecular weight excluding hydrogens is 304 g/mol. The maximum absolute atomic E-state index is 11.6. The van der Waals surface area contributed by atoms with E-state index < -0.39 is 5.97 Å². The molecule has 2 aromatic rings. The van der Waals surface area contributed by atoms with Gasteiger partial charge in [-0.25, -0.2) is 14.8 Å². The summed E-state index contributed by atoms with van der Waals surface area (Å²) < 4.78 is 4.92. The van der Waals surface area contributed by atoms with Crippen LogP contribution in [0, 0.1) is 0 Å². The molecule has 1 fully saturated rings. The zero-order chi connectivity index (χ0) is 17.4. The second-order valence-electron chi connectivity index (χ2n) is 5.32. The average Bonchev–Trinajstić information content (AvgIpc) is 2.61. The number of nitrogens with one attached hydrogen (secondary N) is 1. The highest BCUT2D eigenvalue weighted by Gasteiger charge is 2.39. The van der Waals surface area contributed by atoms with E-state index in [4.69, 9.17) is 4.74 Å². The molecule has 0 saturated heterocycles. The Balaban J connectivity index is 0.00000100. The van der Waals surface area contributed by atoms with Crippen LogP contribution < -0.4 is 5.32 Å². The number of pyridine rings is 1. The Morgan fingerprint density at radius 1 is 1.25 bits per heavy atom. The molecule has 0 radical (unpaired) electrons. The summed E-state index contributed by atoms with van der Waals surface area (Å²) in [5.41, 5.74) is 1.34. The molecule has 0 atom stereocenters. The van der Waals surface area contributed by atoms with Crippen LogP contribution in [0.2, 0.25) is 0 Å². The van der Waals surface area contributed by atoms with Gasteiger partial charge in [0.05, 0.1) is 17.7 Å². The summed E-state index contributed by atoms with van der Waals surface area (Å²) in [5.74, 6) is 0.108. The highest BCUT2D eigenvalue weighted by atomic mass is 16.5. The zero-order valence-electron chi connectivity index (χ0n) is 14.5. The largest absolute Gasteiger partial charge is 0.462 e. The third-order valence-corrected chi connectivity index (χ3v) is 3.94. The summed E-state index contributed by atoms with van der Waals surface area (Å²) in [5, 5.41) is 3.39. The number of nitrogens with zero attached hydrogens (tertiary/aromatic N) is 3. The average molecular weight is 328 g/mol. The molecule has 1 aliphatic carbocycles. The van der Waals surface area contributed by atoms with Gasteiger partial charge in [-0.2, -0.15) is 0 Å². The minimum atomic E-state index is -0.403. The first-order chi connectivity index (χ1) is 11.7. The number of ether oxygens (including phenoxy) is 1. The molecule has 128 valence electrons. The van der Waals surface area contributed by atoms with Gasteiger partial charge in [-0.1, -0.05) is 19.9 Å². The first-order valence-electron chi connectivity index (χ1n) is 8.41. The van der Waals surface area contributed by atoms with Crippen LogP contribution >= 0.6 is 0 Å². The minimum absolute atomic E-state index is 0.153. The Morgan fingerprint density at radius 2 is 1.96 bits per heavy atom. The summed E-state index contributed by atoms with van der Waals surface area (Å²) in [4.78, 5) is 24.3. The summed E-state index contributed by atoms with van der Waals surface area (Å²) >= 11 is 0. The summed E-state index contributed by atoms with van der Waals surface area (Å²) in [6.07, 6.45) is 9.80. The maximum Gasteiger partial charge on any atom is 0.341 e. The smallest absolute Gasteiger partial charge is 0.341 e. The Bertz CT molecular complexity index is 640. The van der Waals surface area contributed by atoms with E-state index in [0.717, 1.165) is 24.8 Å². The molecule has 1 saturated carbocycles. The summed E-state index contributed by atoms with van der Waals surface area (Å²) in [6.45, 7) is 6.10. The topological polar surface area (TPSA) is 77.0 Å². The van der Waals surface area contributed by atoms with Crippen molar-refractivity contribution in [2.45, 2.75) is 45.6 Å². The molecule has 3 rings (SSSR count). The van der Waals surface area contributed by atoms with Gasteiger partial charge in [-0.05, 0) is 37.8 Å². The van der Waals surface area contributed by atoms with Crippen LogP contribution in [0.15, 0.2) is 36.9 Å². The number of anilines is 1. The molecule has 0 aromatic carbocycles. The van der Waals surface area contributed by atoms with Crippen molar-refractivity contribution < 1.29 is 9.53 Å². The van der Waals surface area contributed by atoms with E-state index in [0.29, 0.717) is 18.1 Å². The van der Waals surface area contributed by atoms with E-state index in [1.54, 1.807) is 13.1 Å². The lowest BCUT2D eigenvalue weighted by Crippen LogP contribution is -2.42. The second kappa shape index (κ2) is 8.38. The number of carbonyl (C=O) groups excluding carboxylic acids is 1. The summed E-state index contributed by atoms with van der Waals surface area (Å²) in [7, 11) is 0. The monoisotopic (exact) mass is 328 g/mol. The third-order valence-electron chi connectivity index (χ3n) is 3.94. The SMILES string of the molecule is CC.CCOC(=O)c1cnc(NC2(c3cccnc3)CCC2)nc1. The van der Waals surface area contributed by atoms with Crippen LogP contribution in [0.4, 0.5) is 5.95 Å². The Morgan fingerprint density at radius 3 is 2.46 bits per heavy atom. The Kier molecular flexibility index (Phi) is 6.23. The van der Waals surface area contributed by atoms with E-state index in [1.807, 2.05) is 26.1 Å². The molecule has 6 nitrogen and oxygen atoms in total. The number of aromatic nitrogens is 3. The standard InChI is InChI=1S/C16H18N4O2.C2H6/c1-2-22-14(21)12-9-18-15(19-10-12)20-16(6-4-7-16)13-5-3-8-17-11-13;1-2/h3,5,8-11H,2,4,6-7H2,1H3,(H,18,19,20);1-2H3. The van der Waals surface area contributed by atoms with Crippen LogP contribution in [0.3, 0.4) is 0 Å². The van der Waals surface area contributed by atoms with E-state index in [9.17, 15) is 4.79 Å². The van der Waals surface area contributed by atoms with Crippen molar-refractivity contribution >= 4 is 11.9 Å². The van der Waals surface area contributed by atoms with Gasteiger partial charge in [0.25, 0.3) is 0 Å². The predicted octanol–water partition coefficient (Wildman–Crippen LogP) is 3.57. The fourth-order valence-electron chi connectivity index (χ4n) is 2.59. The first-order valence-corrected chi connectivity index (χ1v) is 8.41. The van der Waals surface area contributed by atoms with E-state index in [-0.39, 0.29) is 5.54 Å². The van der Waals surface area contributed by atoms with Gasteiger partial charge in [0.1, 0.15) is 0 Å². The molecule has 0 amide bonds. The van der Waals surface area contributed by atoms with Crippen LogP contribution in [0.5, 0.6) is 0 Å². The lowest BCUT2D eigenvalue weighted by atomic mass is 9.72. The van der Waals surface area contributed by atoms with Gasteiger partial charge < -0.3 is 10.1 Å². The molecule has 2 aromatic heterocycles. The van der Waals surface area contributed by atoms with E-state index in [2.05, 4.69) is 26.3 Å². The zero-order valence-corrected chi connectivity index (χ0v) is 14.5. The lowest BCUT2D eigenvalue weighted by molar-refractivity contribution is 0.0525. The first kappa shape index (κ1) is 17.8. The van der Waals surface area contributed by atoms with Gasteiger partial charge in [-0.15, -0.1) is 0 Å². The molecular formula is C18H24N4O2. The van der Waals surface area contributed by atoms with Gasteiger partial charge in [0, 0.05) is 24.8 Å². The van der Waals surface area contributed by atoms with Crippen LogP contribution in [-0.4, -0.2) is 27.5 Å². The fraction of sp³-hybridized carbons (Fsp3) is 0.444. The maximum atomic E-state index is 11.6. The molecule has 0 spiro atoms. The van der Waals surface area contributed by atoms with Crippen LogP contribution in [0.25, 0.3) is 0 Å². The quantitative estimate of drug-likeness (QED) is 0.846. The number of hydrogen-bond donors (Lipinski definition) is 1. The molecule has 0 unspecified atom stereocenters. The molecule has 2 heterocycles. The van der Waals surface area contributed by atoms with Gasteiger partial charge >= 0.3 is 5.97 Å². The van der Waals surface area contributed by atoms with Crippen LogP contribution in [-0.2, 0) is 10.3 Å². The number of esters is 1. The fourth-order valence-corrected chi connectivity index (χ4v) is 2.59. The van der Waals surface area contributed by atoms with Crippen molar-refractivity contribution in [1.29, 1.82) is 0 Å². The highest BCUT2D eigenvalue weighted by molar-refractivity contribution is 5.88. The normalized spacial score (nSPS) is 14.6. The minimum Gasteiger partial charge on any atom is -0.462 e. The number of rotatable bonds is 5.